The normalized spacial score (nSPS) is 12.8. The molecule has 1 atom stereocenters. The maximum atomic E-state index is 5.73. The van der Waals surface area contributed by atoms with E-state index in [0.717, 1.165) is 31.9 Å². The fourth-order valence-corrected chi connectivity index (χ4v) is 1.76. The number of anilines is 1. The molecule has 0 heterocycles. The Kier molecular flexibility index (Phi) is 6.01. The van der Waals surface area contributed by atoms with Gasteiger partial charge < -0.3 is 11.1 Å². The average Bonchev–Trinajstić information content (AvgIpc) is 2.34. The standard InChI is InChI=1S/C14H25N3/c1-4-17(5-2)11-13-7-6-8-14(9-13)16-10-12(3)15/h6-9,12,16H,4-5,10-11,15H2,1-3H3. The van der Waals surface area contributed by atoms with Crippen molar-refractivity contribution in [2.45, 2.75) is 33.4 Å². The van der Waals surface area contributed by atoms with E-state index >= 15 is 0 Å². The van der Waals surface area contributed by atoms with Crippen LogP contribution in [0.15, 0.2) is 24.3 Å². The summed E-state index contributed by atoms with van der Waals surface area (Å²) < 4.78 is 0. The molecule has 0 aliphatic heterocycles. The van der Waals surface area contributed by atoms with Gasteiger partial charge in [0.1, 0.15) is 0 Å². The number of nitrogens with one attached hydrogen (secondary N) is 1. The second-order valence-electron chi connectivity index (χ2n) is 4.52. The minimum Gasteiger partial charge on any atom is -0.383 e. The molecule has 0 spiro atoms. The lowest BCUT2D eigenvalue weighted by Crippen LogP contribution is -2.25. The van der Waals surface area contributed by atoms with Crippen molar-refractivity contribution in [3.8, 4) is 0 Å². The minimum atomic E-state index is 0.182. The molecule has 0 saturated carbocycles. The van der Waals surface area contributed by atoms with E-state index in [2.05, 4.69) is 48.3 Å². The summed E-state index contributed by atoms with van der Waals surface area (Å²) in [6, 6.07) is 8.76. The smallest absolute Gasteiger partial charge is 0.0343 e. The zero-order valence-electron chi connectivity index (χ0n) is 11.2. The van der Waals surface area contributed by atoms with Crippen LogP contribution in [0.4, 0.5) is 5.69 Å². The SMILES string of the molecule is CCN(CC)Cc1cccc(NCC(C)N)c1. The summed E-state index contributed by atoms with van der Waals surface area (Å²) in [5.74, 6) is 0. The number of hydrogen-bond acceptors (Lipinski definition) is 3. The zero-order chi connectivity index (χ0) is 12.7. The molecule has 1 unspecified atom stereocenters. The van der Waals surface area contributed by atoms with Crippen molar-refractivity contribution in [3.05, 3.63) is 29.8 Å². The molecule has 96 valence electrons. The Balaban J connectivity index is 2.58. The number of nitrogens with two attached hydrogens (primary N) is 1. The summed E-state index contributed by atoms with van der Waals surface area (Å²) in [6.45, 7) is 10.4. The molecule has 0 saturated heterocycles. The number of hydrogen-bond donors (Lipinski definition) is 2. The highest BCUT2D eigenvalue weighted by atomic mass is 15.1. The van der Waals surface area contributed by atoms with E-state index in [-0.39, 0.29) is 6.04 Å². The van der Waals surface area contributed by atoms with Crippen LogP contribution in [0, 0.1) is 0 Å². The van der Waals surface area contributed by atoms with Crippen LogP contribution in [-0.4, -0.2) is 30.6 Å². The topological polar surface area (TPSA) is 41.3 Å². The average molecular weight is 235 g/mol. The molecule has 0 aliphatic rings. The Hall–Kier alpha value is -1.06. The van der Waals surface area contributed by atoms with Crippen LogP contribution in [0.5, 0.6) is 0 Å². The van der Waals surface area contributed by atoms with Gasteiger partial charge in [-0.3, -0.25) is 4.90 Å². The third kappa shape index (κ3) is 5.20. The number of rotatable bonds is 7. The Bertz CT molecular complexity index is 319. The second kappa shape index (κ2) is 7.30. The molecule has 1 aromatic rings. The Morgan fingerprint density at radius 1 is 1.29 bits per heavy atom. The molecule has 3 nitrogen and oxygen atoms in total. The van der Waals surface area contributed by atoms with Crippen LogP contribution >= 0.6 is 0 Å². The lowest BCUT2D eigenvalue weighted by atomic mass is 10.2. The van der Waals surface area contributed by atoms with E-state index < -0.39 is 0 Å². The van der Waals surface area contributed by atoms with Gasteiger partial charge in [0, 0.05) is 24.8 Å². The molecule has 0 radical (unpaired) electrons. The molecule has 0 aromatic heterocycles. The first-order valence-corrected chi connectivity index (χ1v) is 6.46. The molecule has 1 aromatic carbocycles. The zero-order valence-corrected chi connectivity index (χ0v) is 11.2. The van der Waals surface area contributed by atoms with Gasteiger partial charge in [-0.05, 0) is 37.7 Å². The summed E-state index contributed by atoms with van der Waals surface area (Å²) in [5, 5.41) is 3.35. The van der Waals surface area contributed by atoms with E-state index in [1.54, 1.807) is 0 Å². The Morgan fingerprint density at radius 3 is 2.59 bits per heavy atom. The van der Waals surface area contributed by atoms with Crippen LogP contribution in [-0.2, 0) is 6.54 Å². The molecule has 1 rings (SSSR count). The first-order valence-electron chi connectivity index (χ1n) is 6.46. The Morgan fingerprint density at radius 2 is 2.00 bits per heavy atom. The van der Waals surface area contributed by atoms with Crippen molar-refractivity contribution in [1.82, 2.24) is 4.90 Å². The van der Waals surface area contributed by atoms with Crippen LogP contribution in [0.25, 0.3) is 0 Å². The van der Waals surface area contributed by atoms with E-state index in [1.807, 2.05) is 6.92 Å². The van der Waals surface area contributed by atoms with Gasteiger partial charge in [-0.25, -0.2) is 0 Å². The maximum Gasteiger partial charge on any atom is 0.0343 e. The van der Waals surface area contributed by atoms with Crippen molar-refractivity contribution in [3.63, 3.8) is 0 Å². The van der Waals surface area contributed by atoms with E-state index in [4.69, 9.17) is 5.73 Å². The molecular formula is C14H25N3. The van der Waals surface area contributed by atoms with Gasteiger partial charge in [0.05, 0.1) is 0 Å². The third-order valence-corrected chi connectivity index (χ3v) is 2.86. The lowest BCUT2D eigenvalue weighted by Gasteiger charge is -2.18. The van der Waals surface area contributed by atoms with E-state index in [1.165, 1.54) is 5.56 Å². The predicted octanol–water partition coefficient (Wildman–Crippen LogP) is 2.29. The van der Waals surface area contributed by atoms with Crippen LogP contribution in [0.1, 0.15) is 26.3 Å². The van der Waals surface area contributed by atoms with Gasteiger partial charge in [0.25, 0.3) is 0 Å². The van der Waals surface area contributed by atoms with Gasteiger partial charge in [-0.1, -0.05) is 26.0 Å². The van der Waals surface area contributed by atoms with Crippen LogP contribution in [0.2, 0.25) is 0 Å². The third-order valence-electron chi connectivity index (χ3n) is 2.86. The van der Waals surface area contributed by atoms with Crippen LogP contribution in [0.3, 0.4) is 0 Å². The highest BCUT2D eigenvalue weighted by Crippen LogP contribution is 2.12. The fourth-order valence-electron chi connectivity index (χ4n) is 1.76. The summed E-state index contributed by atoms with van der Waals surface area (Å²) in [4.78, 5) is 2.41. The summed E-state index contributed by atoms with van der Waals surface area (Å²) in [5.41, 5.74) is 8.24. The quantitative estimate of drug-likeness (QED) is 0.762. The van der Waals surface area contributed by atoms with Gasteiger partial charge >= 0.3 is 0 Å². The number of nitrogens with zero attached hydrogens (tertiary/aromatic N) is 1. The molecule has 0 aliphatic carbocycles. The van der Waals surface area contributed by atoms with Crippen molar-refractivity contribution in [1.29, 1.82) is 0 Å². The fraction of sp³-hybridized carbons (Fsp3) is 0.571. The van der Waals surface area contributed by atoms with Crippen molar-refractivity contribution in [2.24, 2.45) is 5.73 Å². The van der Waals surface area contributed by atoms with Crippen molar-refractivity contribution >= 4 is 5.69 Å². The van der Waals surface area contributed by atoms with Crippen LogP contribution < -0.4 is 11.1 Å². The summed E-state index contributed by atoms with van der Waals surface area (Å²) in [6.07, 6.45) is 0. The first-order chi connectivity index (χ1) is 8.15. The van der Waals surface area contributed by atoms with E-state index in [0.29, 0.717) is 0 Å². The molecule has 0 bridgehead atoms. The van der Waals surface area contributed by atoms with Gasteiger partial charge in [0.15, 0.2) is 0 Å². The highest BCUT2D eigenvalue weighted by molar-refractivity contribution is 5.45. The van der Waals surface area contributed by atoms with Gasteiger partial charge in [-0.15, -0.1) is 0 Å². The molecule has 3 N–H and O–H groups in total. The monoisotopic (exact) mass is 235 g/mol. The highest BCUT2D eigenvalue weighted by Gasteiger charge is 2.02. The summed E-state index contributed by atoms with van der Waals surface area (Å²) >= 11 is 0. The van der Waals surface area contributed by atoms with Crippen molar-refractivity contribution in [2.75, 3.05) is 25.0 Å². The summed E-state index contributed by atoms with van der Waals surface area (Å²) in [7, 11) is 0. The number of benzene rings is 1. The predicted molar refractivity (Wildman–Crippen MR) is 75.2 cm³/mol. The van der Waals surface area contributed by atoms with E-state index in [9.17, 15) is 0 Å². The van der Waals surface area contributed by atoms with Crippen molar-refractivity contribution < 1.29 is 0 Å². The van der Waals surface area contributed by atoms with Gasteiger partial charge in [0.2, 0.25) is 0 Å². The molecule has 3 heteroatoms. The molecular weight excluding hydrogens is 210 g/mol. The molecule has 0 fully saturated rings. The lowest BCUT2D eigenvalue weighted by molar-refractivity contribution is 0.296. The Labute approximate surface area is 105 Å². The minimum absolute atomic E-state index is 0.182. The molecule has 0 amide bonds. The second-order valence-corrected chi connectivity index (χ2v) is 4.52. The van der Waals surface area contributed by atoms with Gasteiger partial charge in [-0.2, -0.15) is 0 Å². The maximum absolute atomic E-state index is 5.73. The molecule has 17 heavy (non-hydrogen) atoms. The first kappa shape index (κ1) is 14.0. The largest absolute Gasteiger partial charge is 0.383 e.